The average molecular weight is 298 g/mol. The number of nitrogens with zero attached hydrogens (tertiary/aromatic N) is 1. The van der Waals surface area contributed by atoms with Crippen LogP contribution in [0.4, 0.5) is 14.9 Å². The van der Waals surface area contributed by atoms with Gasteiger partial charge in [-0.1, -0.05) is 0 Å². The van der Waals surface area contributed by atoms with Crippen molar-refractivity contribution in [3.63, 3.8) is 0 Å². The van der Waals surface area contributed by atoms with Crippen molar-refractivity contribution in [3.05, 3.63) is 24.0 Å². The third-order valence-corrected chi connectivity index (χ3v) is 3.16. The van der Waals surface area contributed by atoms with Gasteiger partial charge in [-0.15, -0.1) is 0 Å². The number of benzene rings is 1. The van der Waals surface area contributed by atoms with Crippen molar-refractivity contribution < 1.29 is 23.8 Å². The maximum absolute atomic E-state index is 13.1. The molecule has 116 valence electrons. The zero-order chi connectivity index (χ0) is 16.2. The minimum Gasteiger partial charge on any atom is -0.494 e. The predicted octanol–water partition coefficient (Wildman–Crippen LogP) is 2.55. The van der Waals surface area contributed by atoms with Gasteiger partial charge < -0.3 is 20.1 Å². The summed E-state index contributed by atoms with van der Waals surface area (Å²) in [6.45, 7) is 4.74. The van der Waals surface area contributed by atoms with Crippen LogP contribution in [-0.2, 0) is 4.79 Å². The quantitative estimate of drug-likeness (QED) is 0.875. The lowest BCUT2D eigenvalue weighted by atomic mass is 10.0. The van der Waals surface area contributed by atoms with E-state index < -0.39 is 23.4 Å². The van der Waals surface area contributed by atoms with E-state index in [2.05, 4.69) is 5.32 Å². The Bertz CT molecular complexity index is 546. The Kier molecular flexibility index (Phi) is 5.12. The Hall–Kier alpha value is -2.31. The number of nitrogens with one attached hydrogen (secondary N) is 1. The lowest BCUT2D eigenvalue weighted by Gasteiger charge is -2.34. The van der Waals surface area contributed by atoms with Gasteiger partial charge >= 0.3 is 12.0 Å². The van der Waals surface area contributed by atoms with Gasteiger partial charge in [-0.2, -0.15) is 0 Å². The van der Waals surface area contributed by atoms with Gasteiger partial charge in [0.05, 0.1) is 12.8 Å². The summed E-state index contributed by atoms with van der Waals surface area (Å²) < 4.78 is 18.1. The molecule has 0 bridgehead atoms. The molecule has 21 heavy (non-hydrogen) atoms. The number of likely N-dealkylation sites (N-methyl/N-ethyl adjacent to an activating group) is 1. The zero-order valence-electron chi connectivity index (χ0n) is 12.4. The molecule has 0 radical (unpaired) electrons. The van der Waals surface area contributed by atoms with Crippen LogP contribution in [-0.4, -0.2) is 41.2 Å². The molecule has 1 aromatic rings. The molecule has 1 aromatic carbocycles. The number of carboxylic acid groups (broad SMARTS) is 1. The normalized spacial score (nSPS) is 10.9. The highest BCUT2D eigenvalue weighted by Gasteiger charge is 2.37. The molecule has 0 aliphatic rings. The molecule has 6 nitrogen and oxygen atoms in total. The number of anilines is 1. The Morgan fingerprint density at radius 2 is 2.05 bits per heavy atom. The molecule has 2 amide bonds. The Morgan fingerprint density at radius 3 is 2.52 bits per heavy atom. The van der Waals surface area contributed by atoms with Crippen LogP contribution in [0.1, 0.15) is 20.8 Å². The van der Waals surface area contributed by atoms with Gasteiger partial charge in [-0.25, -0.2) is 14.0 Å². The van der Waals surface area contributed by atoms with Crippen LogP contribution in [0.3, 0.4) is 0 Å². The highest BCUT2D eigenvalue weighted by Crippen LogP contribution is 2.26. The van der Waals surface area contributed by atoms with Gasteiger partial charge in [0, 0.05) is 12.6 Å². The lowest BCUT2D eigenvalue weighted by molar-refractivity contribution is -0.147. The molecule has 1 rings (SSSR count). The third-order valence-electron chi connectivity index (χ3n) is 3.16. The second kappa shape index (κ2) is 6.43. The van der Waals surface area contributed by atoms with E-state index in [-0.39, 0.29) is 18.0 Å². The fraction of sp³-hybridized carbons (Fsp3) is 0.429. The first-order valence-corrected chi connectivity index (χ1v) is 6.39. The summed E-state index contributed by atoms with van der Waals surface area (Å²) in [5, 5.41) is 11.7. The van der Waals surface area contributed by atoms with Crippen molar-refractivity contribution in [1.29, 1.82) is 0 Å². The van der Waals surface area contributed by atoms with Crippen molar-refractivity contribution in [2.45, 2.75) is 26.3 Å². The molecule has 0 heterocycles. The number of urea groups is 1. The Morgan fingerprint density at radius 1 is 1.43 bits per heavy atom. The number of hydrogen-bond acceptors (Lipinski definition) is 3. The number of aliphatic carboxylic acids is 1. The average Bonchev–Trinajstić information content (AvgIpc) is 2.41. The maximum atomic E-state index is 13.1. The SMILES string of the molecule is CCN(C(=O)Nc1ccc(F)cc1OC)C(C)(C)C(=O)O. The number of halogens is 1. The van der Waals surface area contributed by atoms with Gasteiger partial charge in [0.1, 0.15) is 17.1 Å². The molecule has 7 heteroatoms. The lowest BCUT2D eigenvalue weighted by Crippen LogP contribution is -2.54. The number of rotatable bonds is 5. The molecular formula is C14H19FN2O4. The van der Waals surface area contributed by atoms with Crippen molar-refractivity contribution >= 4 is 17.7 Å². The summed E-state index contributed by atoms with van der Waals surface area (Å²) in [6.07, 6.45) is 0. The summed E-state index contributed by atoms with van der Waals surface area (Å²) in [5.74, 6) is -1.46. The molecule has 0 spiro atoms. The molecule has 0 aromatic heterocycles. The second-order valence-electron chi connectivity index (χ2n) is 4.88. The topological polar surface area (TPSA) is 78.9 Å². The maximum Gasteiger partial charge on any atom is 0.329 e. The molecule has 0 fully saturated rings. The largest absolute Gasteiger partial charge is 0.494 e. The van der Waals surface area contributed by atoms with E-state index in [4.69, 9.17) is 4.74 Å². The first kappa shape index (κ1) is 16.7. The number of carboxylic acids is 1. The van der Waals surface area contributed by atoms with Gasteiger partial charge in [-0.05, 0) is 32.9 Å². The first-order valence-electron chi connectivity index (χ1n) is 6.39. The number of carbonyl (C=O) groups excluding carboxylic acids is 1. The van der Waals surface area contributed by atoms with Crippen LogP contribution in [0.2, 0.25) is 0 Å². The van der Waals surface area contributed by atoms with Crippen LogP contribution >= 0.6 is 0 Å². The van der Waals surface area contributed by atoms with E-state index in [1.54, 1.807) is 6.92 Å². The van der Waals surface area contributed by atoms with Crippen LogP contribution < -0.4 is 10.1 Å². The monoisotopic (exact) mass is 298 g/mol. The van der Waals surface area contributed by atoms with Crippen LogP contribution in [0.25, 0.3) is 0 Å². The van der Waals surface area contributed by atoms with E-state index in [1.807, 2.05) is 0 Å². The van der Waals surface area contributed by atoms with E-state index in [1.165, 1.54) is 33.1 Å². The molecule has 0 saturated heterocycles. The van der Waals surface area contributed by atoms with Crippen molar-refractivity contribution in [3.8, 4) is 5.75 Å². The van der Waals surface area contributed by atoms with Crippen molar-refractivity contribution in [2.24, 2.45) is 0 Å². The summed E-state index contributed by atoms with van der Waals surface area (Å²) in [4.78, 5) is 24.7. The van der Waals surface area contributed by atoms with E-state index in [0.717, 1.165) is 11.0 Å². The molecule has 0 saturated carbocycles. The van der Waals surface area contributed by atoms with Gasteiger partial charge in [0.15, 0.2) is 0 Å². The van der Waals surface area contributed by atoms with Gasteiger partial charge in [0.25, 0.3) is 0 Å². The van der Waals surface area contributed by atoms with Crippen LogP contribution in [0.15, 0.2) is 18.2 Å². The molecule has 2 N–H and O–H groups in total. The number of ether oxygens (including phenoxy) is 1. The third kappa shape index (κ3) is 3.62. The number of amides is 2. The molecule has 0 unspecified atom stereocenters. The highest BCUT2D eigenvalue weighted by atomic mass is 19.1. The fourth-order valence-corrected chi connectivity index (χ4v) is 1.86. The Labute approximate surface area is 122 Å². The molecule has 0 atom stereocenters. The van der Waals surface area contributed by atoms with Crippen LogP contribution in [0.5, 0.6) is 5.75 Å². The van der Waals surface area contributed by atoms with Crippen molar-refractivity contribution in [1.82, 2.24) is 4.90 Å². The van der Waals surface area contributed by atoms with E-state index >= 15 is 0 Å². The smallest absolute Gasteiger partial charge is 0.329 e. The summed E-state index contributed by atoms with van der Waals surface area (Å²) in [5.41, 5.74) is -1.10. The van der Waals surface area contributed by atoms with Gasteiger partial charge in [0.2, 0.25) is 0 Å². The zero-order valence-corrected chi connectivity index (χ0v) is 12.4. The second-order valence-corrected chi connectivity index (χ2v) is 4.88. The van der Waals surface area contributed by atoms with Crippen molar-refractivity contribution in [2.75, 3.05) is 19.0 Å². The van der Waals surface area contributed by atoms with Crippen LogP contribution in [0, 0.1) is 5.82 Å². The van der Waals surface area contributed by atoms with E-state index in [0.29, 0.717) is 0 Å². The number of hydrogen-bond donors (Lipinski definition) is 2. The first-order chi connectivity index (χ1) is 9.73. The molecular weight excluding hydrogens is 279 g/mol. The van der Waals surface area contributed by atoms with Gasteiger partial charge in [-0.3, -0.25) is 0 Å². The highest BCUT2D eigenvalue weighted by molar-refractivity contribution is 5.94. The minimum atomic E-state index is -1.37. The fourth-order valence-electron chi connectivity index (χ4n) is 1.86. The molecule has 0 aliphatic heterocycles. The molecule has 0 aliphatic carbocycles. The predicted molar refractivity (Wildman–Crippen MR) is 76.1 cm³/mol. The number of carbonyl (C=O) groups is 2. The standard InChI is InChI=1S/C14H19FN2O4/c1-5-17(14(2,3)12(18)19)13(20)16-10-7-6-9(15)8-11(10)21-4/h6-8H,5H2,1-4H3,(H,16,20)(H,18,19). The summed E-state index contributed by atoms with van der Waals surface area (Å²) in [6, 6.07) is 3.06. The summed E-state index contributed by atoms with van der Waals surface area (Å²) in [7, 11) is 1.35. The Balaban J connectivity index is 3.01. The number of methoxy groups -OCH3 is 1. The summed E-state index contributed by atoms with van der Waals surface area (Å²) >= 11 is 0. The van der Waals surface area contributed by atoms with E-state index in [9.17, 15) is 19.1 Å². The minimum absolute atomic E-state index is 0.160.